The Hall–Kier alpha value is -3.48. The zero-order valence-corrected chi connectivity index (χ0v) is 17.8. The van der Waals surface area contributed by atoms with Crippen molar-refractivity contribution in [1.29, 1.82) is 0 Å². The van der Waals surface area contributed by atoms with Gasteiger partial charge in [-0.1, -0.05) is 72.8 Å². The van der Waals surface area contributed by atoms with E-state index in [1.807, 2.05) is 60.7 Å². The van der Waals surface area contributed by atoms with Gasteiger partial charge in [0.1, 0.15) is 11.8 Å². The number of phenols is 1. The standard InChI is InChI=1S/C26H28N2O4/c27-23(15-20-11-13-22(30)14-12-20)26(32)28(17-21-9-5-2-6-10-21)24(18-29)25(31)16-19-7-3-1-4-8-19/h1-14,23-24,29-30H,15-18,27H2/t23-,24-/m0/s1. The minimum Gasteiger partial charge on any atom is -0.508 e. The Kier molecular flexibility index (Phi) is 8.14. The van der Waals surface area contributed by atoms with E-state index in [2.05, 4.69) is 0 Å². The number of rotatable bonds is 10. The molecule has 0 saturated heterocycles. The number of aliphatic hydroxyl groups is 1. The quantitative estimate of drug-likeness (QED) is 0.457. The van der Waals surface area contributed by atoms with Crippen molar-refractivity contribution < 1.29 is 19.8 Å². The Labute approximate surface area is 187 Å². The van der Waals surface area contributed by atoms with E-state index in [-0.39, 0.29) is 30.9 Å². The monoisotopic (exact) mass is 432 g/mol. The lowest BCUT2D eigenvalue weighted by Gasteiger charge is -2.32. The average Bonchev–Trinajstić information content (AvgIpc) is 2.81. The summed E-state index contributed by atoms with van der Waals surface area (Å²) in [7, 11) is 0. The summed E-state index contributed by atoms with van der Waals surface area (Å²) in [5.41, 5.74) is 8.68. The van der Waals surface area contributed by atoms with Crippen LogP contribution in [0.4, 0.5) is 0 Å². The molecule has 0 unspecified atom stereocenters. The van der Waals surface area contributed by atoms with Crippen LogP contribution >= 0.6 is 0 Å². The van der Waals surface area contributed by atoms with Gasteiger partial charge in [0.15, 0.2) is 5.78 Å². The fraction of sp³-hybridized carbons (Fsp3) is 0.231. The van der Waals surface area contributed by atoms with Gasteiger partial charge in [-0.15, -0.1) is 0 Å². The second-order valence-electron chi connectivity index (χ2n) is 7.76. The van der Waals surface area contributed by atoms with Crippen LogP contribution in [0.2, 0.25) is 0 Å². The zero-order chi connectivity index (χ0) is 22.9. The number of aliphatic hydroxyl groups excluding tert-OH is 1. The average molecular weight is 433 g/mol. The Bertz CT molecular complexity index is 1010. The van der Waals surface area contributed by atoms with Crippen LogP contribution in [0.3, 0.4) is 0 Å². The van der Waals surface area contributed by atoms with Crippen LogP contribution in [0.5, 0.6) is 5.75 Å². The van der Waals surface area contributed by atoms with E-state index >= 15 is 0 Å². The predicted octanol–water partition coefficient (Wildman–Crippen LogP) is 2.46. The lowest BCUT2D eigenvalue weighted by molar-refractivity contribution is -0.142. The minimum absolute atomic E-state index is 0.109. The molecule has 3 aromatic carbocycles. The number of hydrogen-bond acceptors (Lipinski definition) is 5. The maximum atomic E-state index is 13.4. The largest absolute Gasteiger partial charge is 0.508 e. The van der Waals surface area contributed by atoms with Crippen molar-refractivity contribution >= 4 is 11.7 Å². The van der Waals surface area contributed by atoms with E-state index in [4.69, 9.17) is 5.73 Å². The SMILES string of the molecule is N[C@@H](Cc1ccc(O)cc1)C(=O)N(Cc1ccccc1)[C@@H](CO)C(=O)Cc1ccccc1. The maximum Gasteiger partial charge on any atom is 0.240 e. The van der Waals surface area contributed by atoms with Crippen LogP contribution < -0.4 is 5.73 Å². The third kappa shape index (κ3) is 6.26. The van der Waals surface area contributed by atoms with Gasteiger partial charge in [-0.2, -0.15) is 0 Å². The topological polar surface area (TPSA) is 104 Å². The van der Waals surface area contributed by atoms with Gasteiger partial charge in [0.25, 0.3) is 0 Å². The number of nitrogens with zero attached hydrogens (tertiary/aromatic N) is 1. The van der Waals surface area contributed by atoms with Gasteiger partial charge >= 0.3 is 0 Å². The van der Waals surface area contributed by atoms with Crippen LogP contribution in [0.25, 0.3) is 0 Å². The number of phenolic OH excluding ortho intramolecular Hbond substituents is 1. The number of carbonyl (C=O) groups excluding carboxylic acids is 2. The lowest BCUT2D eigenvalue weighted by Crippen LogP contribution is -2.53. The highest BCUT2D eigenvalue weighted by molar-refractivity contribution is 5.92. The van der Waals surface area contributed by atoms with Crippen molar-refractivity contribution in [1.82, 2.24) is 4.90 Å². The lowest BCUT2D eigenvalue weighted by atomic mass is 10.00. The van der Waals surface area contributed by atoms with Gasteiger partial charge in [0.2, 0.25) is 5.91 Å². The molecule has 3 rings (SSSR count). The molecule has 32 heavy (non-hydrogen) atoms. The Morgan fingerprint density at radius 2 is 1.38 bits per heavy atom. The Balaban J connectivity index is 1.82. The second-order valence-corrected chi connectivity index (χ2v) is 7.76. The first-order chi connectivity index (χ1) is 15.5. The molecular formula is C26H28N2O4. The number of aromatic hydroxyl groups is 1. The van der Waals surface area contributed by atoms with Crippen molar-refractivity contribution in [3.63, 3.8) is 0 Å². The summed E-state index contributed by atoms with van der Waals surface area (Å²) >= 11 is 0. The number of hydrogen-bond donors (Lipinski definition) is 3. The van der Waals surface area contributed by atoms with Gasteiger partial charge in [0, 0.05) is 13.0 Å². The molecule has 2 atom stereocenters. The van der Waals surface area contributed by atoms with Gasteiger partial charge in [0.05, 0.1) is 12.6 Å². The maximum absolute atomic E-state index is 13.4. The van der Waals surface area contributed by atoms with Crippen LogP contribution in [0.1, 0.15) is 16.7 Å². The van der Waals surface area contributed by atoms with E-state index in [1.54, 1.807) is 12.1 Å². The minimum atomic E-state index is -1.01. The Morgan fingerprint density at radius 1 is 0.812 bits per heavy atom. The van der Waals surface area contributed by atoms with Crippen LogP contribution in [-0.4, -0.2) is 45.5 Å². The highest BCUT2D eigenvalue weighted by atomic mass is 16.3. The summed E-state index contributed by atoms with van der Waals surface area (Å²) in [6.45, 7) is -0.328. The smallest absolute Gasteiger partial charge is 0.240 e. The van der Waals surface area contributed by atoms with E-state index in [0.717, 1.165) is 16.7 Å². The van der Waals surface area contributed by atoms with Crippen LogP contribution in [0, 0.1) is 0 Å². The van der Waals surface area contributed by atoms with Gasteiger partial charge in [-0.05, 0) is 35.2 Å². The molecule has 1 amide bonds. The van der Waals surface area contributed by atoms with Crippen molar-refractivity contribution in [3.8, 4) is 5.75 Å². The molecular weight excluding hydrogens is 404 g/mol. The van der Waals surface area contributed by atoms with Crippen molar-refractivity contribution in [2.75, 3.05) is 6.61 Å². The van der Waals surface area contributed by atoms with Gasteiger partial charge in [-0.3, -0.25) is 9.59 Å². The highest BCUT2D eigenvalue weighted by Crippen LogP contribution is 2.16. The molecule has 3 aromatic rings. The fourth-order valence-electron chi connectivity index (χ4n) is 3.60. The summed E-state index contributed by atoms with van der Waals surface area (Å²) in [4.78, 5) is 27.8. The number of ketones is 1. The molecule has 0 aromatic heterocycles. The molecule has 4 N–H and O–H groups in total. The third-order valence-corrected chi connectivity index (χ3v) is 5.33. The highest BCUT2D eigenvalue weighted by Gasteiger charge is 2.32. The molecule has 0 aliphatic carbocycles. The van der Waals surface area contributed by atoms with Crippen molar-refractivity contribution in [2.45, 2.75) is 31.5 Å². The molecule has 6 heteroatoms. The number of carbonyl (C=O) groups is 2. The summed E-state index contributed by atoms with van der Waals surface area (Å²) in [5.74, 6) is -0.534. The van der Waals surface area contributed by atoms with Crippen molar-refractivity contribution in [2.24, 2.45) is 5.73 Å². The number of Topliss-reactive ketones (excluding diaryl/α,β-unsaturated/α-hetero) is 1. The Morgan fingerprint density at radius 3 is 1.94 bits per heavy atom. The van der Waals surface area contributed by atoms with Crippen LogP contribution in [-0.2, 0) is 29.0 Å². The molecule has 0 fully saturated rings. The van der Waals surface area contributed by atoms with Gasteiger partial charge in [-0.25, -0.2) is 0 Å². The first-order valence-corrected chi connectivity index (χ1v) is 10.5. The summed E-state index contributed by atoms with van der Waals surface area (Å²) in [6.07, 6.45) is 0.354. The summed E-state index contributed by atoms with van der Waals surface area (Å²) in [5, 5.41) is 19.6. The molecule has 0 aliphatic heterocycles. The van der Waals surface area contributed by atoms with E-state index < -0.39 is 24.6 Å². The molecule has 0 aliphatic rings. The van der Waals surface area contributed by atoms with E-state index in [1.165, 1.54) is 17.0 Å². The molecule has 166 valence electrons. The number of benzene rings is 3. The molecule has 0 heterocycles. The zero-order valence-electron chi connectivity index (χ0n) is 17.8. The predicted molar refractivity (Wildman–Crippen MR) is 123 cm³/mol. The third-order valence-electron chi connectivity index (χ3n) is 5.33. The fourth-order valence-corrected chi connectivity index (χ4v) is 3.60. The number of amides is 1. The summed E-state index contributed by atoms with van der Waals surface area (Å²) < 4.78 is 0. The first kappa shape index (κ1) is 23.2. The summed E-state index contributed by atoms with van der Waals surface area (Å²) in [6, 6.07) is 23.1. The first-order valence-electron chi connectivity index (χ1n) is 10.5. The number of nitrogens with two attached hydrogens (primary N) is 1. The van der Waals surface area contributed by atoms with Crippen molar-refractivity contribution in [3.05, 3.63) is 102 Å². The molecule has 6 nitrogen and oxygen atoms in total. The van der Waals surface area contributed by atoms with Gasteiger partial charge < -0.3 is 20.8 Å². The van der Waals surface area contributed by atoms with Crippen LogP contribution in [0.15, 0.2) is 84.9 Å². The molecule has 0 radical (unpaired) electrons. The second kappa shape index (κ2) is 11.2. The molecule has 0 bridgehead atoms. The molecule has 0 spiro atoms. The van der Waals surface area contributed by atoms with E-state index in [9.17, 15) is 19.8 Å². The normalized spacial score (nSPS) is 12.7. The van der Waals surface area contributed by atoms with E-state index in [0.29, 0.717) is 0 Å². The molecule has 0 saturated carbocycles.